The molecule has 0 unspecified atom stereocenters. The zero-order valence-corrected chi connectivity index (χ0v) is 12.8. The normalized spacial score (nSPS) is 19.0. The minimum atomic E-state index is 0.352. The summed E-state index contributed by atoms with van der Waals surface area (Å²) in [6.45, 7) is 9.20. The SMILES string of the molecule is CCOc1nc(N2CCSC(C)(C)CC2)ccc1N. The minimum absolute atomic E-state index is 0.352. The van der Waals surface area contributed by atoms with E-state index in [1.54, 1.807) is 0 Å². The second-order valence-electron chi connectivity index (χ2n) is 5.34. The van der Waals surface area contributed by atoms with Gasteiger partial charge < -0.3 is 15.4 Å². The van der Waals surface area contributed by atoms with Crippen LogP contribution in [0.1, 0.15) is 27.2 Å². The molecule has 0 atom stereocenters. The summed E-state index contributed by atoms with van der Waals surface area (Å²) in [5.74, 6) is 2.65. The number of nitrogens with zero attached hydrogens (tertiary/aromatic N) is 2. The van der Waals surface area contributed by atoms with Gasteiger partial charge in [0.05, 0.1) is 12.3 Å². The third-order valence-corrected chi connectivity index (χ3v) is 4.69. The van der Waals surface area contributed by atoms with Gasteiger partial charge in [0.15, 0.2) is 0 Å². The van der Waals surface area contributed by atoms with E-state index in [0.717, 1.165) is 31.1 Å². The van der Waals surface area contributed by atoms with Gasteiger partial charge in [-0.25, -0.2) is 0 Å². The minimum Gasteiger partial charge on any atom is -0.476 e. The molecule has 1 fully saturated rings. The van der Waals surface area contributed by atoms with Crippen molar-refractivity contribution < 1.29 is 4.74 Å². The fraction of sp³-hybridized carbons (Fsp3) is 0.643. The zero-order valence-electron chi connectivity index (χ0n) is 12.0. The Morgan fingerprint density at radius 3 is 2.95 bits per heavy atom. The number of thioether (sulfide) groups is 1. The summed E-state index contributed by atoms with van der Waals surface area (Å²) in [4.78, 5) is 6.87. The van der Waals surface area contributed by atoms with Crippen LogP contribution in [0.4, 0.5) is 11.5 Å². The third-order valence-electron chi connectivity index (χ3n) is 3.32. The highest BCUT2D eigenvalue weighted by Crippen LogP contribution is 2.32. The van der Waals surface area contributed by atoms with Crippen molar-refractivity contribution in [1.29, 1.82) is 0 Å². The Morgan fingerprint density at radius 1 is 1.42 bits per heavy atom. The first-order valence-electron chi connectivity index (χ1n) is 6.80. The van der Waals surface area contributed by atoms with Crippen LogP contribution in [-0.4, -0.2) is 35.2 Å². The molecule has 2 heterocycles. The maximum Gasteiger partial charge on any atom is 0.239 e. The molecule has 5 heteroatoms. The third kappa shape index (κ3) is 3.69. The monoisotopic (exact) mass is 281 g/mol. The molecular weight excluding hydrogens is 258 g/mol. The van der Waals surface area contributed by atoms with Crippen LogP contribution in [0, 0.1) is 0 Å². The largest absolute Gasteiger partial charge is 0.476 e. The van der Waals surface area contributed by atoms with Crippen LogP contribution < -0.4 is 15.4 Å². The van der Waals surface area contributed by atoms with Gasteiger partial charge in [-0.2, -0.15) is 16.7 Å². The van der Waals surface area contributed by atoms with Crippen LogP contribution in [-0.2, 0) is 0 Å². The number of rotatable bonds is 3. The van der Waals surface area contributed by atoms with Gasteiger partial charge in [-0.3, -0.25) is 0 Å². The van der Waals surface area contributed by atoms with Crippen molar-refractivity contribution in [2.24, 2.45) is 0 Å². The van der Waals surface area contributed by atoms with Crippen molar-refractivity contribution in [2.45, 2.75) is 31.9 Å². The first-order valence-corrected chi connectivity index (χ1v) is 7.78. The number of aromatic nitrogens is 1. The Balaban J connectivity index is 2.15. The lowest BCUT2D eigenvalue weighted by Crippen LogP contribution is -2.27. The van der Waals surface area contributed by atoms with Crippen LogP contribution in [0.3, 0.4) is 0 Å². The molecule has 0 bridgehead atoms. The molecule has 4 nitrogen and oxygen atoms in total. The summed E-state index contributed by atoms with van der Waals surface area (Å²) in [5.41, 5.74) is 6.48. The van der Waals surface area contributed by atoms with Gasteiger partial charge in [0.2, 0.25) is 5.88 Å². The van der Waals surface area contributed by atoms with Crippen molar-refractivity contribution in [3.63, 3.8) is 0 Å². The number of hydrogen-bond acceptors (Lipinski definition) is 5. The van der Waals surface area contributed by atoms with E-state index in [1.165, 1.54) is 0 Å². The Morgan fingerprint density at radius 2 is 2.21 bits per heavy atom. The van der Waals surface area contributed by atoms with Gasteiger partial charge in [-0.15, -0.1) is 0 Å². The van der Waals surface area contributed by atoms with Crippen molar-refractivity contribution in [3.8, 4) is 5.88 Å². The summed E-state index contributed by atoms with van der Waals surface area (Å²) < 4.78 is 5.82. The summed E-state index contributed by atoms with van der Waals surface area (Å²) >= 11 is 2.03. The van der Waals surface area contributed by atoms with Crippen LogP contribution in [0.25, 0.3) is 0 Å². The predicted octanol–water partition coefficient (Wildman–Crippen LogP) is 2.78. The van der Waals surface area contributed by atoms with Gasteiger partial charge >= 0.3 is 0 Å². The standard InChI is InChI=1S/C14H23N3OS/c1-4-18-13-11(15)5-6-12(16-13)17-8-7-14(2,3)19-10-9-17/h5-6H,4,7-10,15H2,1-3H3. The molecule has 0 aromatic carbocycles. The van der Waals surface area contributed by atoms with E-state index in [0.29, 0.717) is 22.9 Å². The first-order chi connectivity index (χ1) is 9.02. The van der Waals surface area contributed by atoms with Crippen LogP contribution in [0.15, 0.2) is 12.1 Å². The van der Waals surface area contributed by atoms with Crippen LogP contribution in [0.5, 0.6) is 5.88 Å². The van der Waals surface area contributed by atoms with Gasteiger partial charge in [-0.1, -0.05) is 13.8 Å². The highest BCUT2D eigenvalue weighted by Gasteiger charge is 2.24. The van der Waals surface area contributed by atoms with Crippen molar-refractivity contribution in [1.82, 2.24) is 4.98 Å². The molecule has 1 aromatic heterocycles. The Labute approximate surface area is 119 Å². The van der Waals surface area contributed by atoms with E-state index in [4.69, 9.17) is 10.5 Å². The Bertz CT molecular complexity index is 437. The molecule has 0 amide bonds. The number of pyridine rings is 1. The molecule has 1 aliphatic rings. The first kappa shape index (κ1) is 14.3. The molecule has 2 N–H and O–H groups in total. The second kappa shape index (κ2) is 5.90. The van der Waals surface area contributed by atoms with E-state index in [2.05, 4.69) is 23.7 Å². The van der Waals surface area contributed by atoms with E-state index in [9.17, 15) is 0 Å². The molecule has 106 valence electrons. The number of ether oxygens (including phenoxy) is 1. The molecule has 0 saturated carbocycles. The lowest BCUT2D eigenvalue weighted by atomic mass is 10.1. The number of hydrogen-bond donors (Lipinski definition) is 1. The summed E-state index contributed by atoms with van der Waals surface area (Å²) in [5, 5.41) is 0. The predicted molar refractivity (Wildman–Crippen MR) is 83.2 cm³/mol. The Kier molecular flexibility index (Phi) is 4.45. The molecule has 0 aliphatic carbocycles. The maximum absolute atomic E-state index is 5.87. The molecule has 19 heavy (non-hydrogen) atoms. The lowest BCUT2D eigenvalue weighted by molar-refractivity contribution is 0.329. The van der Waals surface area contributed by atoms with E-state index < -0.39 is 0 Å². The molecule has 1 aromatic rings. The number of nitrogen functional groups attached to an aromatic ring is 1. The molecule has 1 aliphatic heterocycles. The molecule has 1 saturated heterocycles. The van der Waals surface area contributed by atoms with Crippen LogP contribution in [0.2, 0.25) is 0 Å². The fourth-order valence-electron chi connectivity index (χ4n) is 2.12. The molecular formula is C14H23N3OS. The van der Waals surface area contributed by atoms with E-state index in [-0.39, 0.29) is 0 Å². The van der Waals surface area contributed by atoms with Gasteiger partial charge in [0.25, 0.3) is 0 Å². The maximum atomic E-state index is 5.87. The highest BCUT2D eigenvalue weighted by atomic mass is 32.2. The van der Waals surface area contributed by atoms with Crippen molar-refractivity contribution in [3.05, 3.63) is 12.1 Å². The fourth-order valence-corrected chi connectivity index (χ4v) is 3.22. The number of anilines is 2. The van der Waals surface area contributed by atoms with Crippen molar-refractivity contribution >= 4 is 23.3 Å². The van der Waals surface area contributed by atoms with E-state index in [1.807, 2.05) is 30.8 Å². The van der Waals surface area contributed by atoms with Crippen molar-refractivity contribution in [2.75, 3.05) is 36.1 Å². The summed E-state index contributed by atoms with van der Waals surface area (Å²) in [7, 11) is 0. The number of nitrogens with two attached hydrogens (primary N) is 1. The molecule has 0 spiro atoms. The quantitative estimate of drug-likeness (QED) is 0.923. The molecule has 2 rings (SSSR count). The average molecular weight is 281 g/mol. The second-order valence-corrected chi connectivity index (χ2v) is 7.14. The van der Waals surface area contributed by atoms with Gasteiger partial charge in [0, 0.05) is 23.6 Å². The van der Waals surface area contributed by atoms with Crippen LogP contribution >= 0.6 is 11.8 Å². The highest BCUT2D eigenvalue weighted by molar-refractivity contribution is 8.00. The average Bonchev–Trinajstić information content (AvgIpc) is 2.53. The Hall–Kier alpha value is -1.10. The van der Waals surface area contributed by atoms with E-state index >= 15 is 0 Å². The summed E-state index contributed by atoms with van der Waals surface area (Å²) in [6, 6.07) is 3.87. The van der Waals surface area contributed by atoms with Gasteiger partial charge in [-0.05, 0) is 25.5 Å². The lowest BCUT2D eigenvalue weighted by Gasteiger charge is -2.23. The zero-order chi connectivity index (χ0) is 13.9. The summed E-state index contributed by atoms with van der Waals surface area (Å²) in [6.07, 6.45) is 1.16. The molecule has 0 radical (unpaired) electrons. The topological polar surface area (TPSA) is 51.4 Å². The van der Waals surface area contributed by atoms with Gasteiger partial charge in [0.1, 0.15) is 5.82 Å². The smallest absolute Gasteiger partial charge is 0.239 e.